The lowest BCUT2D eigenvalue weighted by molar-refractivity contribution is -0.246. The highest BCUT2D eigenvalue weighted by Crippen LogP contribution is 2.57. The first-order valence-electron chi connectivity index (χ1n) is 14.2. The predicted octanol–water partition coefficient (Wildman–Crippen LogP) is 5.48. The Morgan fingerprint density at radius 1 is 1.23 bits per heavy atom. The number of allylic oxidation sites excluding steroid dienone is 4. The van der Waals surface area contributed by atoms with Gasteiger partial charge in [-0.15, -0.1) is 0 Å². The monoisotopic (exact) mass is 547 g/mol. The highest BCUT2D eigenvalue weighted by Gasteiger charge is 2.68. The Bertz CT molecular complexity index is 1300. The van der Waals surface area contributed by atoms with E-state index in [0.717, 1.165) is 44.1 Å². The summed E-state index contributed by atoms with van der Waals surface area (Å²) in [5, 5.41) is 12.1. The third kappa shape index (κ3) is 5.45. The Morgan fingerprint density at radius 2 is 1.90 bits per heavy atom. The van der Waals surface area contributed by atoms with E-state index in [0.29, 0.717) is 17.3 Å². The molecule has 214 valence electrons. The van der Waals surface area contributed by atoms with Crippen LogP contribution in [0.4, 0.5) is 0 Å². The molecule has 0 radical (unpaired) electrons. The fourth-order valence-electron chi connectivity index (χ4n) is 6.89. The minimum absolute atomic E-state index is 0.0703. The fraction of sp³-hybridized carbons (Fsp3) is 0.613. The molecule has 1 unspecified atom stereocenters. The summed E-state index contributed by atoms with van der Waals surface area (Å²) in [7, 11) is 0. The number of ether oxygens (including phenoxy) is 3. The summed E-state index contributed by atoms with van der Waals surface area (Å²) in [5.74, 6) is -0.615. The number of nitrogens with zero attached hydrogens (tertiary/aromatic N) is 3. The molecular weight excluding hydrogens is 506 g/mol. The molecule has 2 N–H and O–H groups in total. The lowest BCUT2D eigenvalue weighted by Gasteiger charge is -2.43. The van der Waals surface area contributed by atoms with Gasteiger partial charge < -0.3 is 24.5 Å². The molecule has 3 saturated heterocycles. The zero-order chi connectivity index (χ0) is 28.9. The minimum atomic E-state index is -0.606. The van der Waals surface area contributed by atoms with Crippen LogP contribution >= 0.6 is 0 Å². The largest absolute Gasteiger partial charge is 0.363 e. The first kappa shape index (κ1) is 28.5. The Balaban J connectivity index is 1.37. The van der Waals surface area contributed by atoms with Gasteiger partial charge in [0.15, 0.2) is 11.6 Å². The SMILES string of the molecule is C=N/C(C1=CCC(C)(C)CC1)=C(\C=C/CC1C[C@@]2(C)O[C@@](C)(C1)[C@@H]1OC(C)(C)O[C@@H]12)NC(=O)c1ncc(C#N)[nH]1. The molecule has 3 fully saturated rings. The molecule has 0 saturated carbocycles. The Morgan fingerprint density at radius 3 is 2.45 bits per heavy atom. The molecule has 1 aliphatic carbocycles. The second kappa shape index (κ2) is 10.1. The smallest absolute Gasteiger partial charge is 0.291 e. The van der Waals surface area contributed by atoms with E-state index in [9.17, 15) is 4.79 Å². The summed E-state index contributed by atoms with van der Waals surface area (Å²) >= 11 is 0. The maximum Gasteiger partial charge on any atom is 0.291 e. The second-order valence-corrected chi connectivity index (χ2v) is 13.3. The lowest BCUT2D eigenvalue weighted by atomic mass is 9.77. The van der Waals surface area contributed by atoms with Crippen LogP contribution in [0.3, 0.4) is 0 Å². The highest BCUT2D eigenvalue weighted by atomic mass is 16.8. The van der Waals surface area contributed by atoms with Gasteiger partial charge in [-0.05, 0) is 95.9 Å². The molecule has 3 aliphatic heterocycles. The van der Waals surface area contributed by atoms with Gasteiger partial charge in [0.05, 0.1) is 28.8 Å². The van der Waals surface area contributed by atoms with E-state index in [1.165, 1.54) is 6.20 Å². The average Bonchev–Trinajstić information content (AvgIpc) is 3.52. The highest BCUT2D eigenvalue weighted by molar-refractivity contribution is 5.92. The van der Waals surface area contributed by atoms with E-state index in [4.69, 9.17) is 19.5 Å². The van der Waals surface area contributed by atoms with Gasteiger partial charge in [-0.3, -0.25) is 9.79 Å². The molecule has 2 bridgehead atoms. The van der Waals surface area contributed by atoms with E-state index in [-0.39, 0.29) is 29.1 Å². The number of nitriles is 1. The minimum Gasteiger partial charge on any atom is -0.363 e. The standard InChI is InChI=1S/C31H41N5O4/c1-28(2)13-11-20(12-14-28)23(33-7)22(36-27(37)26-34-18-21(17-32)35-26)10-8-9-19-15-30(5)24-25(31(6,16-19)40-30)39-29(3,4)38-24/h8,10-11,18-19,24-25H,7,9,12-16H2,1-6H3,(H,34,35)(H,36,37)/b10-8-,23-22+/t19?,24-,25+,30+,31-. The van der Waals surface area contributed by atoms with Crippen LogP contribution in [0.1, 0.15) is 96.4 Å². The number of aromatic nitrogens is 2. The van der Waals surface area contributed by atoms with Crippen LogP contribution in [0.5, 0.6) is 0 Å². The molecule has 5 rings (SSSR count). The molecule has 40 heavy (non-hydrogen) atoms. The van der Waals surface area contributed by atoms with Gasteiger partial charge in [0.2, 0.25) is 0 Å². The number of hydrogen-bond donors (Lipinski definition) is 2. The fourth-order valence-corrected chi connectivity index (χ4v) is 6.89. The maximum absolute atomic E-state index is 13.1. The second-order valence-electron chi connectivity index (χ2n) is 13.3. The molecule has 9 nitrogen and oxygen atoms in total. The number of nitrogens with one attached hydrogen (secondary N) is 2. The van der Waals surface area contributed by atoms with Crippen molar-refractivity contribution in [1.29, 1.82) is 5.26 Å². The molecule has 5 atom stereocenters. The van der Waals surface area contributed by atoms with E-state index in [2.05, 4.69) is 66.8 Å². The van der Waals surface area contributed by atoms with Gasteiger partial charge in [0.1, 0.15) is 24.0 Å². The maximum atomic E-state index is 13.1. The van der Waals surface area contributed by atoms with Gasteiger partial charge in [0, 0.05) is 0 Å². The number of amides is 1. The molecule has 1 aromatic rings. The molecule has 1 amide bonds. The summed E-state index contributed by atoms with van der Waals surface area (Å²) in [6.45, 7) is 16.5. The van der Waals surface area contributed by atoms with E-state index >= 15 is 0 Å². The summed E-state index contributed by atoms with van der Waals surface area (Å²) in [6.07, 6.45) is 12.7. The van der Waals surface area contributed by atoms with Crippen LogP contribution in [0.15, 0.2) is 46.4 Å². The number of fused-ring (bicyclic) bond motifs is 5. The van der Waals surface area contributed by atoms with Crippen LogP contribution in [-0.2, 0) is 14.2 Å². The van der Waals surface area contributed by atoms with Crippen molar-refractivity contribution >= 4 is 12.6 Å². The van der Waals surface area contributed by atoms with Crippen LogP contribution in [0.25, 0.3) is 0 Å². The number of carbonyl (C=O) groups is 1. The van der Waals surface area contributed by atoms with Gasteiger partial charge in [-0.25, -0.2) is 4.98 Å². The zero-order valence-electron chi connectivity index (χ0n) is 24.5. The number of hydrogen-bond acceptors (Lipinski definition) is 7. The summed E-state index contributed by atoms with van der Waals surface area (Å²) < 4.78 is 19.1. The summed E-state index contributed by atoms with van der Waals surface area (Å²) in [5.41, 5.74) is 1.93. The number of H-pyrrole nitrogens is 1. The normalized spacial score (nSPS) is 34.5. The number of aromatic amines is 1. The predicted molar refractivity (Wildman–Crippen MR) is 151 cm³/mol. The van der Waals surface area contributed by atoms with E-state index in [1.807, 2.05) is 26.0 Å². The van der Waals surface area contributed by atoms with Crippen molar-refractivity contribution in [3.05, 3.63) is 52.9 Å². The van der Waals surface area contributed by atoms with Crippen molar-refractivity contribution in [2.24, 2.45) is 16.3 Å². The molecular formula is C31H41N5O4. The number of aliphatic imine (C=N–C) groups is 1. The van der Waals surface area contributed by atoms with Gasteiger partial charge in [-0.2, -0.15) is 5.26 Å². The van der Waals surface area contributed by atoms with Crippen LogP contribution < -0.4 is 5.32 Å². The third-order valence-electron chi connectivity index (χ3n) is 8.76. The van der Waals surface area contributed by atoms with Crippen molar-refractivity contribution in [3.8, 4) is 6.07 Å². The Labute approximate surface area is 236 Å². The van der Waals surface area contributed by atoms with Gasteiger partial charge >= 0.3 is 0 Å². The van der Waals surface area contributed by atoms with Crippen molar-refractivity contribution in [3.63, 3.8) is 0 Å². The number of carbonyl (C=O) groups excluding carboxylic acids is 1. The molecule has 1 aromatic heterocycles. The first-order chi connectivity index (χ1) is 18.8. The topological polar surface area (TPSA) is 122 Å². The Kier molecular flexibility index (Phi) is 7.18. The van der Waals surface area contributed by atoms with E-state index in [1.54, 1.807) is 0 Å². The van der Waals surface area contributed by atoms with Crippen molar-refractivity contribution in [1.82, 2.24) is 15.3 Å². The van der Waals surface area contributed by atoms with Crippen LogP contribution in [-0.4, -0.2) is 51.8 Å². The molecule has 9 heteroatoms. The van der Waals surface area contributed by atoms with Crippen molar-refractivity contribution < 1.29 is 19.0 Å². The van der Waals surface area contributed by atoms with Crippen molar-refractivity contribution in [2.45, 2.75) is 109 Å². The molecule has 4 heterocycles. The average molecular weight is 548 g/mol. The summed E-state index contributed by atoms with van der Waals surface area (Å²) in [4.78, 5) is 24.2. The number of imidazole rings is 1. The Hall–Kier alpha value is -3.06. The van der Waals surface area contributed by atoms with Gasteiger partial charge in [-0.1, -0.05) is 26.0 Å². The molecule has 0 spiro atoms. The molecule has 4 aliphatic rings. The first-order valence-corrected chi connectivity index (χ1v) is 14.2. The zero-order valence-corrected chi connectivity index (χ0v) is 24.5. The van der Waals surface area contributed by atoms with Crippen LogP contribution in [0, 0.1) is 22.7 Å². The van der Waals surface area contributed by atoms with Crippen molar-refractivity contribution in [2.75, 3.05) is 0 Å². The molecule has 0 aromatic carbocycles. The van der Waals surface area contributed by atoms with E-state index < -0.39 is 22.9 Å². The van der Waals surface area contributed by atoms with Gasteiger partial charge in [0.25, 0.3) is 5.91 Å². The van der Waals surface area contributed by atoms with Crippen LogP contribution in [0.2, 0.25) is 0 Å². The quantitative estimate of drug-likeness (QED) is 0.344. The number of rotatable bonds is 7. The lowest BCUT2D eigenvalue weighted by Crippen LogP contribution is -2.47. The third-order valence-corrected chi connectivity index (χ3v) is 8.76. The summed E-state index contributed by atoms with van der Waals surface area (Å²) in [6, 6.07) is 1.97.